The van der Waals surface area contributed by atoms with Crippen LogP contribution in [0.3, 0.4) is 0 Å². The van der Waals surface area contributed by atoms with Crippen molar-refractivity contribution >= 4 is 33.2 Å². The fourth-order valence-electron chi connectivity index (χ4n) is 3.49. The first-order valence-corrected chi connectivity index (χ1v) is 13.4. The van der Waals surface area contributed by atoms with Crippen molar-refractivity contribution in [3.8, 4) is 5.75 Å². The number of methoxy groups -OCH3 is 1. The van der Waals surface area contributed by atoms with Gasteiger partial charge in [-0.25, -0.2) is 12.8 Å². The summed E-state index contributed by atoms with van der Waals surface area (Å²) < 4.78 is 44.7. The Morgan fingerprint density at radius 2 is 1.84 bits per heavy atom. The molecule has 1 N–H and O–H groups in total. The zero-order chi connectivity index (χ0) is 27.8. The Morgan fingerprint density at radius 3 is 2.38 bits per heavy atom. The van der Waals surface area contributed by atoms with Gasteiger partial charge < -0.3 is 15.0 Å². The summed E-state index contributed by atoms with van der Waals surface area (Å²) >= 11 is 0. The third-order valence-electron chi connectivity index (χ3n) is 5.58. The van der Waals surface area contributed by atoms with Gasteiger partial charge in [0, 0.05) is 25.2 Å². The minimum absolute atomic E-state index is 0.000679. The normalized spacial score (nSPS) is 11.9. The number of anilines is 1. The van der Waals surface area contributed by atoms with Crippen LogP contribution in [-0.4, -0.2) is 62.6 Å². The number of nitrogens with zero attached hydrogens (tertiary/aromatic N) is 3. The van der Waals surface area contributed by atoms with E-state index < -0.39 is 50.9 Å². The lowest BCUT2D eigenvalue weighted by Crippen LogP contribution is -2.51. The molecule has 0 aliphatic heterocycles. The molecule has 11 nitrogen and oxygen atoms in total. The first-order valence-electron chi connectivity index (χ1n) is 11.5. The van der Waals surface area contributed by atoms with Crippen LogP contribution >= 0.6 is 0 Å². The Balaban J connectivity index is 2.47. The minimum atomic E-state index is -4.13. The fraction of sp³-hybridized carbons (Fsp3) is 0.417. The predicted molar refractivity (Wildman–Crippen MR) is 136 cm³/mol. The van der Waals surface area contributed by atoms with Crippen LogP contribution < -0.4 is 14.4 Å². The summed E-state index contributed by atoms with van der Waals surface area (Å²) in [6.45, 7) is 3.00. The number of nitro groups is 1. The number of rotatable bonds is 13. The number of amides is 2. The maximum atomic E-state index is 13.5. The van der Waals surface area contributed by atoms with E-state index in [9.17, 15) is 32.5 Å². The number of carbonyl (C=O) groups is 2. The van der Waals surface area contributed by atoms with Gasteiger partial charge in [0.05, 0.1) is 18.3 Å². The van der Waals surface area contributed by atoms with Crippen molar-refractivity contribution in [2.45, 2.75) is 39.3 Å². The molecule has 0 aliphatic rings. The van der Waals surface area contributed by atoms with Crippen molar-refractivity contribution < 1.29 is 32.1 Å². The smallest absolute Gasteiger partial charge is 0.271 e. The van der Waals surface area contributed by atoms with Crippen LogP contribution in [0.2, 0.25) is 0 Å². The van der Waals surface area contributed by atoms with Gasteiger partial charge in [-0.15, -0.1) is 0 Å². The lowest BCUT2D eigenvalue weighted by atomic mass is 10.1. The molecule has 0 aromatic heterocycles. The molecule has 13 heteroatoms. The van der Waals surface area contributed by atoms with E-state index in [1.54, 1.807) is 0 Å². The monoisotopic (exact) mass is 538 g/mol. The summed E-state index contributed by atoms with van der Waals surface area (Å²) in [5.41, 5.74) is -0.0835. The molecule has 202 valence electrons. The van der Waals surface area contributed by atoms with Crippen molar-refractivity contribution in [3.05, 3.63) is 64.0 Å². The molecule has 2 aromatic carbocycles. The third-order valence-corrected chi connectivity index (χ3v) is 6.71. The number of carbonyl (C=O) groups excluding carboxylic acids is 2. The lowest BCUT2D eigenvalue weighted by molar-refractivity contribution is -0.384. The number of hydrogen-bond acceptors (Lipinski definition) is 7. The summed E-state index contributed by atoms with van der Waals surface area (Å²) in [5, 5.41) is 14.1. The number of ether oxygens (including phenoxy) is 1. The number of benzene rings is 2. The van der Waals surface area contributed by atoms with Crippen molar-refractivity contribution in [3.63, 3.8) is 0 Å². The van der Waals surface area contributed by atoms with Crippen LogP contribution in [0.4, 0.5) is 15.8 Å². The number of hydrogen-bond donors (Lipinski definition) is 1. The molecular weight excluding hydrogens is 507 g/mol. The minimum Gasteiger partial charge on any atom is -0.495 e. The molecule has 0 saturated heterocycles. The molecule has 0 radical (unpaired) electrons. The summed E-state index contributed by atoms with van der Waals surface area (Å²) in [5.74, 6) is -1.67. The van der Waals surface area contributed by atoms with Gasteiger partial charge in [0.25, 0.3) is 5.69 Å². The average molecular weight is 539 g/mol. The van der Waals surface area contributed by atoms with E-state index in [0.29, 0.717) is 16.4 Å². The van der Waals surface area contributed by atoms with E-state index in [1.807, 2.05) is 6.92 Å². The molecular formula is C24H31FN4O7S. The summed E-state index contributed by atoms with van der Waals surface area (Å²) in [6.07, 6.45) is 2.43. The third kappa shape index (κ3) is 8.13. The highest BCUT2D eigenvalue weighted by atomic mass is 32.2. The molecule has 2 aromatic rings. The Labute approximate surface area is 215 Å². The number of sulfonamides is 1. The Kier molecular flexibility index (Phi) is 10.4. The number of non-ortho nitro benzene ring substituents is 1. The molecule has 0 bridgehead atoms. The van der Waals surface area contributed by atoms with Gasteiger partial charge in [0.1, 0.15) is 29.8 Å². The molecule has 0 saturated carbocycles. The van der Waals surface area contributed by atoms with Crippen LogP contribution in [0.15, 0.2) is 42.5 Å². The Hall–Kier alpha value is -3.74. The first-order chi connectivity index (χ1) is 17.4. The Bertz CT molecular complexity index is 1220. The molecule has 0 fully saturated rings. The van der Waals surface area contributed by atoms with E-state index in [4.69, 9.17) is 4.74 Å². The van der Waals surface area contributed by atoms with Gasteiger partial charge in [-0.1, -0.05) is 25.5 Å². The molecule has 37 heavy (non-hydrogen) atoms. The second-order valence-corrected chi connectivity index (χ2v) is 10.3. The highest BCUT2D eigenvalue weighted by Crippen LogP contribution is 2.33. The van der Waals surface area contributed by atoms with E-state index in [-0.39, 0.29) is 18.0 Å². The fourth-order valence-corrected chi connectivity index (χ4v) is 4.33. The van der Waals surface area contributed by atoms with Gasteiger partial charge >= 0.3 is 0 Å². The second-order valence-electron chi connectivity index (χ2n) is 8.35. The topological polar surface area (TPSA) is 139 Å². The van der Waals surface area contributed by atoms with Gasteiger partial charge in [0.2, 0.25) is 21.8 Å². The molecule has 0 unspecified atom stereocenters. The molecule has 2 amide bonds. The maximum absolute atomic E-state index is 13.5. The number of unbranched alkanes of at least 4 members (excludes halogenated alkanes) is 1. The van der Waals surface area contributed by atoms with Crippen molar-refractivity contribution in [2.24, 2.45) is 0 Å². The van der Waals surface area contributed by atoms with Crippen LogP contribution in [0.1, 0.15) is 32.3 Å². The molecule has 0 heterocycles. The highest BCUT2D eigenvalue weighted by Gasteiger charge is 2.32. The quantitative estimate of drug-likeness (QED) is 0.235. The van der Waals surface area contributed by atoms with E-state index in [1.165, 1.54) is 49.3 Å². The van der Waals surface area contributed by atoms with Gasteiger partial charge in [0.15, 0.2) is 0 Å². The number of halogens is 1. The largest absolute Gasteiger partial charge is 0.495 e. The molecule has 0 aliphatic carbocycles. The molecule has 2 rings (SSSR count). The van der Waals surface area contributed by atoms with Crippen LogP contribution in [0.25, 0.3) is 0 Å². The number of nitro benzene ring substituents is 1. The highest BCUT2D eigenvalue weighted by molar-refractivity contribution is 7.92. The number of nitrogens with one attached hydrogen (secondary N) is 1. The van der Waals surface area contributed by atoms with E-state index in [2.05, 4.69) is 5.32 Å². The van der Waals surface area contributed by atoms with Crippen LogP contribution in [0.5, 0.6) is 5.75 Å². The molecule has 1 atom stereocenters. The standard InChI is InChI=1S/C24H31FN4O7S/c1-5-6-13-26-24(31)17(2)27(15-18-7-9-19(25)10-8-18)23(30)16-28(37(4,34)35)21-14-20(29(32)33)11-12-22(21)36-3/h7-12,14,17H,5-6,13,15-16H2,1-4H3,(H,26,31)/t17-/m0/s1. The van der Waals surface area contributed by atoms with E-state index in [0.717, 1.165) is 31.2 Å². The van der Waals surface area contributed by atoms with Crippen molar-refractivity contribution in [2.75, 3.05) is 30.8 Å². The molecule has 0 spiro atoms. The van der Waals surface area contributed by atoms with E-state index >= 15 is 0 Å². The average Bonchev–Trinajstić information content (AvgIpc) is 2.85. The zero-order valence-electron chi connectivity index (χ0n) is 21.1. The maximum Gasteiger partial charge on any atom is 0.271 e. The van der Waals surface area contributed by atoms with Crippen LogP contribution in [0, 0.1) is 15.9 Å². The predicted octanol–water partition coefficient (Wildman–Crippen LogP) is 2.84. The lowest BCUT2D eigenvalue weighted by Gasteiger charge is -2.31. The van der Waals surface area contributed by atoms with Crippen molar-refractivity contribution in [1.82, 2.24) is 10.2 Å². The Morgan fingerprint density at radius 1 is 1.19 bits per heavy atom. The SMILES string of the molecule is CCCCNC(=O)[C@H](C)N(Cc1ccc(F)cc1)C(=O)CN(c1cc([N+](=O)[O-])ccc1OC)S(C)(=O)=O. The second kappa shape index (κ2) is 13.0. The summed E-state index contributed by atoms with van der Waals surface area (Å²) in [4.78, 5) is 38.1. The van der Waals surface area contributed by atoms with Gasteiger partial charge in [-0.2, -0.15) is 0 Å². The van der Waals surface area contributed by atoms with Gasteiger partial charge in [-0.05, 0) is 37.1 Å². The van der Waals surface area contributed by atoms with Crippen molar-refractivity contribution in [1.29, 1.82) is 0 Å². The summed E-state index contributed by atoms with van der Waals surface area (Å²) in [7, 11) is -2.87. The van der Waals surface area contributed by atoms with Crippen LogP contribution in [-0.2, 0) is 26.2 Å². The zero-order valence-corrected chi connectivity index (χ0v) is 22.0. The first kappa shape index (κ1) is 29.5. The summed E-state index contributed by atoms with van der Waals surface area (Å²) in [6, 6.07) is 7.71. The van der Waals surface area contributed by atoms with Gasteiger partial charge in [-0.3, -0.25) is 24.0 Å².